The number of aliphatic hydroxyl groups is 1. The zero-order valence-electron chi connectivity index (χ0n) is 14.4. The molecule has 1 unspecified atom stereocenters. The summed E-state index contributed by atoms with van der Waals surface area (Å²) in [7, 11) is 0. The molecular weight excluding hydrogens is 316 g/mol. The maximum absolute atomic E-state index is 12.1. The van der Waals surface area contributed by atoms with Crippen LogP contribution in [-0.2, 0) is 4.79 Å². The van der Waals surface area contributed by atoms with Gasteiger partial charge in [0.1, 0.15) is 0 Å². The monoisotopic (exact) mass is 340 g/mol. The Kier molecular flexibility index (Phi) is 7.16. The Labute approximate surface area is 148 Å². The Morgan fingerprint density at radius 2 is 1.60 bits per heavy atom. The first-order chi connectivity index (χ1) is 12.1. The average molecular weight is 340 g/mol. The highest BCUT2D eigenvalue weighted by Crippen LogP contribution is 2.19. The smallest absolute Gasteiger partial charge is 0.251 e. The van der Waals surface area contributed by atoms with E-state index in [-0.39, 0.29) is 24.9 Å². The third-order valence-electron chi connectivity index (χ3n) is 3.82. The largest absolute Gasteiger partial charge is 0.391 e. The van der Waals surface area contributed by atoms with Crippen molar-refractivity contribution in [2.45, 2.75) is 25.9 Å². The van der Waals surface area contributed by atoms with Crippen LogP contribution in [0, 0.1) is 0 Å². The van der Waals surface area contributed by atoms with Crippen LogP contribution >= 0.6 is 0 Å². The van der Waals surface area contributed by atoms with Crippen molar-refractivity contribution in [2.24, 2.45) is 0 Å². The van der Waals surface area contributed by atoms with Crippen LogP contribution in [0.1, 0.15) is 30.1 Å². The van der Waals surface area contributed by atoms with Crippen molar-refractivity contribution in [3.8, 4) is 11.1 Å². The van der Waals surface area contributed by atoms with Gasteiger partial charge in [-0.25, -0.2) is 0 Å². The normalized spacial score (nSPS) is 11.6. The lowest BCUT2D eigenvalue weighted by molar-refractivity contribution is -0.120. The Morgan fingerprint density at radius 3 is 2.24 bits per heavy atom. The molecule has 0 radical (unpaired) electrons. The van der Waals surface area contributed by atoms with Gasteiger partial charge >= 0.3 is 0 Å². The van der Waals surface area contributed by atoms with Crippen LogP contribution in [0.3, 0.4) is 0 Å². The standard InChI is InChI=1S/C20H24N2O3/c1-2-6-18(23)13-21-19(24)14-22-20(25)17-11-9-16(10-12-17)15-7-4-3-5-8-15/h3-5,7-12,18,23H,2,6,13-14H2,1H3,(H,21,24)(H,22,25). The summed E-state index contributed by atoms with van der Waals surface area (Å²) in [5.41, 5.74) is 2.61. The third-order valence-corrected chi connectivity index (χ3v) is 3.82. The fourth-order valence-electron chi connectivity index (χ4n) is 2.44. The van der Waals surface area contributed by atoms with Crippen LogP contribution in [0.2, 0.25) is 0 Å². The number of carbonyl (C=O) groups is 2. The minimum Gasteiger partial charge on any atom is -0.391 e. The van der Waals surface area contributed by atoms with Gasteiger partial charge < -0.3 is 15.7 Å². The maximum Gasteiger partial charge on any atom is 0.251 e. The van der Waals surface area contributed by atoms with Crippen LogP contribution in [0.25, 0.3) is 11.1 Å². The van der Waals surface area contributed by atoms with Gasteiger partial charge in [0.2, 0.25) is 5.91 Å². The minimum atomic E-state index is -0.546. The molecule has 0 aliphatic heterocycles. The van der Waals surface area contributed by atoms with E-state index in [0.717, 1.165) is 17.5 Å². The molecule has 0 aliphatic rings. The fraction of sp³-hybridized carbons (Fsp3) is 0.300. The quantitative estimate of drug-likeness (QED) is 0.690. The highest BCUT2D eigenvalue weighted by molar-refractivity contribution is 5.96. The zero-order chi connectivity index (χ0) is 18.1. The van der Waals surface area contributed by atoms with E-state index in [9.17, 15) is 14.7 Å². The molecule has 0 spiro atoms. The number of nitrogens with one attached hydrogen (secondary N) is 2. The number of rotatable bonds is 8. The highest BCUT2D eigenvalue weighted by Gasteiger charge is 2.10. The second-order valence-electron chi connectivity index (χ2n) is 5.87. The number of carbonyl (C=O) groups excluding carboxylic acids is 2. The first kappa shape index (κ1) is 18.7. The van der Waals surface area contributed by atoms with Gasteiger partial charge in [-0.05, 0) is 29.7 Å². The van der Waals surface area contributed by atoms with Crippen LogP contribution in [-0.4, -0.2) is 36.1 Å². The Hall–Kier alpha value is -2.66. The van der Waals surface area contributed by atoms with E-state index in [1.165, 1.54) is 0 Å². The molecule has 0 bridgehead atoms. The number of aliphatic hydroxyl groups excluding tert-OH is 1. The number of benzene rings is 2. The molecule has 3 N–H and O–H groups in total. The maximum atomic E-state index is 12.1. The molecule has 0 heterocycles. The molecule has 5 heteroatoms. The molecular formula is C20H24N2O3. The molecule has 2 rings (SSSR count). The summed E-state index contributed by atoms with van der Waals surface area (Å²) in [5, 5.41) is 14.8. The first-order valence-electron chi connectivity index (χ1n) is 8.48. The van der Waals surface area contributed by atoms with Gasteiger partial charge in [0, 0.05) is 12.1 Å². The van der Waals surface area contributed by atoms with E-state index in [0.29, 0.717) is 12.0 Å². The van der Waals surface area contributed by atoms with Crippen molar-refractivity contribution in [3.63, 3.8) is 0 Å². The van der Waals surface area contributed by atoms with Crippen molar-refractivity contribution in [2.75, 3.05) is 13.1 Å². The number of amides is 2. The second kappa shape index (κ2) is 9.59. The van der Waals surface area contributed by atoms with Crippen molar-refractivity contribution < 1.29 is 14.7 Å². The summed E-state index contributed by atoms with van der Waals surface area (Å²) in [5.74, 6) is -0.617. The van der Waals surface area contributed by atoms with Gasteiger partial charge in [0.05, 0.1) is 12.6 Å². The van der Waals surface area contributed by atoms with Crippen molar-refractivity contribution in [1.82, 2.24) is 10.6 Å². The lowest BCUT2D eigenvalue weighted by atomic mass is 10.0. The van der Waals surface area contributed by atoms with Gasteiger partial charge in [0.15, 0.2) is 0 Å². The lowest BCUT2D eigenvalue weighted by Gasteiger charge is -2.11. The van der Waals surface area contributed by atoms with Crippen molar-refractivity contribution >= 4 is 11.8 Å². The Morgan fingerprint density at radius 1 is 0.960 bits per heavy atom. The van der Waals surface area contributed by atoms with E-state index in [1.807, 2.05) is 49.4 Å². The van der Waals surface area contributed by atoms with Gasteiger partial charge in [-0.15, -0.1) is 0 Å². The molecule has 132 valence electrons. The molecule has 25 heavy (non-hydrogen) atoms. The summed E-state index contributed by atoms with van der Waals surface area (Å²) in [6, 6.07) is 17.1. The Bertz CT molecular complexity index is 684. The average Bonchev–Trinajstić information content (AvgIpc) is 2.65. The van der Waals surface area contributed by atoms with Gasteiger partial charge in [-0.1, -0.05) is 55.8 Å². The summed E-state index contributed by atoms with van der Waals surface area (Å²) < 4.78 is 0. The molecule has 2 amide bonds. The number of hydrogen-bond acceptors (Lipinski definition) is 3. The SMILES string of the molecule is CCCC(O)CNC(=O)CNC(=O)c1ccc(-c2ccccc2)cc1. The van der Waals surface area contributed by atoms with Crippen molar-refractivity contribution in [1.29, 1.82) is 0 Å². The van der Waals surface area contributed by atoms with E-state index < -0.39 is 6.10 Å². The predicted octanol–water partition coefficient (Wildman–Crippen LogP) is 2.36. The summed E-state index contributed by atoms with van der Waals surface area (Å²) in [6.45, 7) is 2.06. The predicted molar refractivity (Wildman–Crippen MR) is 98.1 cm³/mol. The van der Waals surface area contributed by atoms with E-state index in [2.05, 4.69) is 10.6 Å². The molecule has 5 nitrogen and oxygen atoms in total. The minimum absolute atomic E-state index is 0.113. The summed E-state index contributed by atoms with van der Waals surface area (Å²) in [6.07, 6.45) is 0.947. The summed E-state index contributed by atoms with van der Waals surface area (Å²) >= 11 is 0. The number of hydrogen-bond donors (Lipinski definition) is 3. The van der Waals surface area contributed by atoms with Gasteiger partial charge in [-0.3, -0.25) is 9.59 Å². The Balaban J connectivity index is 1.82. The fourth-order valence-corrected chi connectivity index (χ4v) is 2.44. The van der Waals surface area contributed by atoms with E-state index in [1.54, 1.807) is 12.1 Å². The summed E-state index contributed by atoms with van der Waals surface area (Å²) in [4.78, 5) is 23.8. The molecule has 2 aromatic carbocycles. The highest BCUT2D eigenvalue weighted by atomic mass is 16.3. The first-order valence-corrected chi connectivity index (χ1v) is 8.48. The molecule has 0 saturated carbocycles. The van der Waals surface area contributed by atoms with Crippen molar-refractivity contribution in [3.05, 3.63) is 60.2 Å². The van der Waals surface area contributed by atoms with Crippen LogP contribution < -0.4 is 10.6 Å². The third kappa shape index (κ3) is 6.04. The zero-order valence-corrected chi connectivity index (χ0v) is 14.4. The molecule has 0 fully saturated rings. The second-order valence-corrected chi connectivity index (χ2v) is 5.87. The lowest BCUT2D eigenvalue weighted by Crippen LogP contribution is -2.40. The van der Waals surface area contributed by atoms with Crippen LogP contribution in [0.4, 0.5) is 0 Å². The molecule has 1 atom stereocenters. The van der Waals surface area contributed by atoms with E-state index >= 15 is 0 Å². The van der Waals surface area contributed by atoms with Gasteiger partial charge in [-0.2, -0.15) is 0 Å². The topological polar surface area (TPSA) is 78.4 Å². The molecule has 0 aliphatic carbocycles. The van der Waals surface area contributed by atoms with Crippen LogP contribution in [0.15, 0.2) is 54.6 Å². The molecule has 0 aromatic heterocycles. The van der Waals surface area contributed by atoms with Gasteiger partial charge in [0.25, 0.3) is 5.91 Å². The molecule has 0 saturated heterocycles. The van der Waals surface area contributed by atoms with E-state index in [4.69, 9.17) is 0 Å². The molecule has 2 aromatic rings. The van der Waals surface area contributed by atoms with Crippen LogP contribution in [0.5, 0.6) is 0 Å².